The van der Waals surface area contributed by atoms with Gasteiger partial charge in [0, 0.05) is 29.0 Å². The molecule has 6 heteroatoms. The lowest BCUT2D eigenvalue weighted by atomic mass is 10.0. The van der Waals surface area contributed by atoms with Crippen LogP contribution in [-0.4, -0.2) is 22.3 Å². The predicted octanol–water partition coefficient (Wildman–Crippen LogP) is 4.25. The Labute approximate surface area is 150 Å². The van der Waals surface area contributed by atoms with Crippen molar-refractivity contribution in [3.05, 3.63) is 66.6 Å². The molecule has 0 fully saturated rings. The molecule has 2 aromatic carbocycles. The van der Waals surface area contributed by atoms with Crippen molar-refractivity contribution in [3.63, 3.8) is 0 Å². The van der Waals surface area contributed by atoms with Gasteiger partial charge in [-0.2, -0.15) is 10.4 Å². The molecule has 0 amide bonds. The van der Waals surface area contributed by atoms with Crippen LogP contribution in [0.5, 0.6) is 5.75 Å². The highest BCUT2D eigenvalue weighted by Gasteiger charge is 2.12. The molecule has 126 valence electrons. The molecule has 2 aromatic heterocycles. The summed E-state index contributed by atoms with van der Waals surface area (Å²) in [6, 6.07) is 15.8. The van der Waals surface area contributed by atoms with Gasteiger partial charge in [-0.3, -0.25) is 10.1 Å². The molecule has 2 N–H and O–H groups in total. The van der Waals surface area contributed by atoms with Gasteiger partial charge in [-0.15, -0.1) is 0 Å². The lowest BCUT2D eigenvalue weighted by molar-refractivity contribution is 0.415. The number of hydrogen-bond donors (Lipinski definition) is 2. The van der Waals surface area contributed by atoms with Crippen LogP contribution in [0.15, 0.2) is 61.1 Å². The second-order valence-corrected chi connectivity index (χ2v) is 5.75. The maximum absolute atomic E-state index is 9.54. The molecule has 0 radical (unpaired) electrons. The minimum Gasteiger partial charge on any atom is -0.497 e. The summed E-state index contributed by atoms with van der Waals surface area (Å²) in [5.41, 5.74) is 4.69. The van der Waals surface area contributed by atoms with Crippen molar-refractivity contribution in [2.24, 2.45) is 0 Å². The molecule has 0 bridgehead atoms. The number of nitrogens with one attached hydrogen (secondary N) is 2. The van der Waals surface area contributed by atoms with Crippen LogP contribution in [0.25, 0.3) is 22.0 Å². The number of nitriles is 1. The SMILES string of the molecule is COc1cccc(-c2cncc(C#N)c2Nc2ccc3cn[nH]c3c2)c1. The molecule has 0 saturated carbocycles. The van der Waals surface area contributed by atoms with Crippen LogP contribution in [0.3, 0.4) is 0 Å². The average molecular weight is 341 g/mol. The molecule has 0 aliphatic heterocycles. The van der Waals surface area contributed by atoms with E-state index in [-0.39, 0.29) is 0 Å². The minimum atomic E-state index is 0.468. The van der Waals surface area contributed by atoms with Crippen LogP contribution in [0.4, 0.5) is 11.4 Å². The molecule has 0 saturated heterocycles. The number of methoxy groups -OCH3 is 1. The van der Waals surface area contributed by atoms with Crippen molar-refractivity contribution in [3.8, 4) is 22.9 Å². The largest absolute Gasteiger partial charge is 0.497 e. The highest BCUT2D eigenvalue weighted by atomic mass is 16.5. The summed E-state index contributed by atoms with van der Waals surface area (Å²) in [5.74, 6) is 0.745. The highest BCUT2D eigenvalue weighted by molar-refractivity contribution is 5.87. The van der Waals surface area contributed by atoms with Crippen molar-refractivity contribution in [1.29, 1.82) is 5.26 Å². The van der Waals surface area contributed by atoms with Crippen molar-refractivity contribution >= 4 is 22.3 Å². The van der Waals surface area contributed by atoms with Gasteiger partial charge in [0.15, 0.2) is 0 Å². The minimum absolute atomic E-state index is 0.468. The van der Waals surface area contributed by atoms with Crippen LogP contribution in [0.1, 0.15) is 5.56 Å². The van der Waals surface area contributed by atoms with E-state index in [1.54, 1.807) is 25.7 Å². The van der Waals surface area contributed by atoms with E-state index in [1.807, 2.05) is 42.5 Å². The number of nitrogens with zero attached hydrogens (tertiary/aromatic N) is 3. The van der Waals surface area contributed by atoms with Crippen molar-refractivity contribution in [2.45, 2.75) is 0 Å². The number of H-pyrrole nitrogens is 1. The Bertz CT molecular complexity index is 1130. The van der Waals surface area contributed by atoms with Crippen molar-refractivity contribution in [2.75, 3.05) is 12.4 Å². The summed E-state index contributed by atoms with van der Waals surface area (Å²) in [5, 5.41) is 20.9. The van der Waals surface area contributed by atoms with E-state index >= 15 is 0 Å². The Morgan fingerprint density at radius 3 is 2.88 bits per heavy atom. The molecule has 26 heavy (non-hydrogen) atoms. The molecule has 6 nitrogen and oxygen atoms in total. The third-order valence-corrected chi connectivity index (χ3v) is 4.16. The zero-order valence-corrected chi connectivity index (χ0v) is 14.0. The Balaban J connectivity index is 1.82. The third kappa shape index (κ3) is 2.82. The third-order valence-electron chi connectivity index (χ3n) is 4.16. The molecular weight excluding hydrogens is 326 g/mol. The summed E-state index contributed by atoms with van der Waals surface area (Å²) in [6.07, 6.45) is 5.07. The fraction of sp³-hybridized carbons (Fsp3) is 0.0500. The summed E-state index contributed by atoms with van der Waals surface area (Å²) < 4.78 is 5.31. The normalized spacial score (nSPS) is 10.5. The Hall–Kier alpha value is -3.85. The molecule has 0 atom stereocenters. The number of benzene rings is 2. The number of hydrogen-bond acceptors (Lipinski definition) is 5. The van der Waals surface area contributed by atoms with E-state index in [2.05, 4.69) is 26.6 Å². The van der Waals surface area contributed by atoms with Crippen molar-refractivity contribution < 1.29 is 4.74 Å². The van der Waals surface area contributed by atoms with E-state index in [4.69, 9.17) is 4.74 Å². The Kier molecular flexibility index (Phi) is 3.96. The van der Waals surface area contributed by atoms with Crippen molar-refractivity contribution in [1.82, 2.24) is 15.2 Å². The topological polar surface area (TPSA) is 86.6 Å². The first-order chi connectivity index (χ1) is 12.8. The summed E-state index contributed by atoms with van der Waals surface area (Å²) in [7, 11) is 1.63. The number of rotatable bonds is 4. The summed E-state index contributed by atoms with van der Waals surface area (Å²) in [4.78, 5) is 4.21. The molecule has 0 aliphatic carbocycles. The first kappa shape index (κ1) is 15.7. The summed E-state index contributed by atoms with van der Waals surface area (Å²) >= 11 is 0. The van der Waals surface area contributed by atoms with Crippen LogP contribution in [-0.2, 0) is 0 Å². The first-order valence-corrected chi connectivity index (χ1v) is 8.01. The maximum Gasteiger partial charge on any atom is 0.119 e. The Morgan fingerprint density at radius 1 is 1.12 bits per heavy atom. The van der Waals surface area contributed by atoms with Gasteiger partial charge in [0.1, 0.15) is 11.8 Å². The maximum atomic E-state index is 9.54. The monoisotopic (exact) mass is 341 g/mol. The first-order valence-electron chi connectivity index (χ1n) is 8.01. The van der Waals surface area contributed by atoms with Gasteiger partial charge in [0.2, 0.25) is 0 Å². The van der Waals surface area contributed by atoms with Gasteiger partial charge in [-0.1, -0.05) is 12.1 Å². The number of fused-ring (bicyclic) bond motifs is 1. The Morgan fingerprint density at radius 2 is 2.04 bits per heavy atom. The standard InChI is InChI=1S/C20H15N5O/c1-26-17-4-2-3-13(7-17)18-12-22-10-15(9-21)20(18)24-16-6-5-14-11-23-25-19(14)8-16/h2-8,10-12H,1H3,(H,22,24)(H,23,25). The molecule has 4 aromatic rings. The number of aromatic amines is 1. The van der Waals surface area contributed by atoms with E-state index in [0.717, 1.165) is 33.5 Å². The quantitative estimate of drug-likeness (QED) is 0.579. The van der Waals surface area contributed by atoms with Gasteiger partial charge >= 0.3 is 0 Å². The number of aromatic nitrogens is 3. The van der Waals surface area contributed by atoms with Crippen LogP contribution in [0.2, 0.25) is 0 Å². The molecule has 4 rings (SSSR count). The van der Waals surface area contributed by atoms with Gasteiger partial charge < -0.3 is 10.1 Å². The molecule has 0 aliphatic rings. The molecule has 0 unspecified atom stereocenters. The van der Waals surface area contributed by atoms with Crippen LogP contribution < -0.4 is 10.1 Å². The smallest absolute Gasteiger partial charge is 0.119 e. The van der Waals surface area contributed by atoms with E-state index in [9.17, 15) is 5.26 Å². The lowest BCUT2D eigenvalue weighted by Crippen LogP contribution is -1.98. The highest BCUT2D eigenvalue weighted by Crippen LogP contribution is 2.34. The number of ether oxygens (including phenoxy) is 1. The number of anilines is 2. The van der Waals surface area contributed by atoms with E-state index < -0.39 is 0 Å². The lowest BCUT2D eigenvalue weighted by Gasteiger charge is -2.14. The predicted molar refractivity (Wildman–Crippen MR) is 100 cm³/mol. The van der Waals surface area contributed by atoms with Gasteiger partial charge in [0.25, 0.3) is 0 Å². The molecule has 0 spiro atoms. The molecule has 2 heterocycles. The average Bonchev–Trinajstić information content (AvgIpc) is 3.16. The second kappa shape index (κ2) is 6.57. The van der Waals surface area contributed by atoms with Gasteiger partial charge in [-0.25, -0.2) is 0 Å². The van der Waals surface area contributed by atoms with Gasteiger partial charge in [-0.05, 0) is 35.9 Å². The van der Waals surface area contributed by atoms with Gasteiger partial charge in [0.05, 0.1) is 30.1 Å². The zero-order chi connectivity index (χ0) is 17.9. The van der Waals surface area contributed by atoms with E-state index in [1.165, 1.54) is 0 Å². The fourth-order valence-electron chi connectivity index (χ4n) is 2.85. The second-order valence-electron chi connectivity index (χ2n) is 5.75. The van der Waals surface area contributed by atoms with Crippen LogP contribution in [0, 0.1) is 11.3 Å². The molecular formula is C20H15N5O. The van der Waals surface area contributed by atoms with Crippen LogP contribution >= 0.6 is 0 Å². The fourth-order valence-corrected chi connectivity index (χ4v) is 2.85. The number of pyridine rings is 1. The summed E-state index contributed by atoms with van der Waals surface area (Å²) in [6.45, 7) is 0. The zero-order valence-electron chi connectivity index (χ0n) is 14.0. The van der Waals surface area contributed by atoms with E-state index in [0.29, 0.717) is 11.3 Å².